The first-order valence-electron chi connectivity index (χ1n) is 8.87. The molecule has 4 aromatic rings. The maximum absolute atomic E-state index is 12.8. The Bertz CT molecular complexity index is 1160. The second-order valence-corrected chi connectivity index (χ2v) is 8.09. The normalized spacial score (nSPS) is 10.7. The molecule has 6 heteroatoms. The summed E-state index contributed by atoms with van der Waals surface area (Å²) in [5.41, 5.74) is 2.28. The van der Waals surface area contributed by atoms with Gasteiger partial charge in [0.1, 0.15) is 0 Å². The van der Waals surface area contributed by atoms with Gasteiger partial charge in [0.05, 0.1) is 5.69 Å². The molecule has 0 aliphatic carbocycles. The Kier molecular flexibility index (Phi) is 5.95. The lowest BCUT2D eigenvalue weighted by atomic mass is 10.0. The van der Waals surface area contributed by atoms with E-state index in [9.17, 15) is 4.79 Å². The number of rotatable bonds is 5. The maximum Gasteiger partial charge on any atom is 0.256 e. The molecule has 0 unspecified atom stereocenters. The summed E-state index contributed by atoms with van der Waals surface area (Å²) in [6, 6.07) is 26.3. The Morgan fingerprint density at radius 1 is 0.759 bits per heavy atom. The van der Waals surface area contributed by atoms with Gasteiger partial charge in [-0.15, -0.1) is 0 Å². The molecule has 4 rings (SSSR count). The Labute approximate surface area is 183 Å². The highest BCUT2D eigenvalue weighted by atomic mass is 35.5. The Morgan fingerprint density at radius 3 is 2.21 bits per heavy atom. The lowest BCUT2D eigenvalue weighted by molar-refractivity contribution is 0.102. The molecule has 0 bridgehead atoms. The molecular formula is C23H16Cl2N2OS. The predicted octanol–water partition coefficient (Wildman–Crippen LogP) is 7.52. The third kappa shape index (κ3) is 4.67. The molecule has 4 aromatic carbocycles. The van der Waals surface area contributed by atoms with E-state index in [1.165, 1.54) is 11.9 Å². The van der Waals surface area contributed by atoms with Gasteiger partial charge in [-0.3, -0.25) is 4.79 Å². The van der Waals surface area contributed by atoms with Gasteiger partial charge in [0.15, 0.2) is 0 Å². The minimum Gasteiger partial charge on any atom is -0.325 e. The van der Waals surface area contributed by atoms with Crippen LogP contribution in [0.4, 0.5) is 11.4 Å². The molecule has 0 aliphatic rings. The molecule has 2 N–H and O–H groups in total. The molecule has 0 atom stereocenters. The predicted molar refractivity (Wildman–Crippen MR) is 124 cm³/mol. The number of hydrogen-bond donors (Lipinski definition) is 2. The van der Waals surface area contributed by atoms with Crippen molar-refractivity contribution in [2.45, 2.75) is 4.90 Å². The second kappa shape index (κ2) is 8.78. The topological polar surface area (TPSA) is 41.1 Å². The number of carbonyl (C=O) groups excluding carboxylic acids is 1. The largest absolute Gasteiger partial charge is 0.325 e. The fourth-order valence-corrected chi connectivity index (χ4v) is 4.45. The third-order valence-corrected chi connectivity index (χ3v) is 5.54. The number of para-hydroxylation sites is 1. The van der Waals surface area contributed by atoms with Crippen LogP contribution in [0.25, 0.3) is 10.8 Å². The SMILES string of the molecule is O=C(Nc1ccccc1)c1cccc2c(NSc3cc(Cl)cc(Cl)c3)cccc12. The van der Waals surface area contributed by atoms with Crippen molar-refractivity contribution in [2.75, 3.05) is 10.0 Å². The summed E-state index contributed by atoms with van der Waals surface area (Å²) in [5, 5.41) is 5.94. The van der Waals surface area contributed by atoms with Crippen molar-refractivity contribution in [1.29, 1.82) is 0 Å². The molecule has 0 radical (unpaired) electrons. The number of fused-ring (bicyclic) bond motifs is 1. The monoisotopic (exact) mass is 438 g/mol. The van der Waals surface area contributed by atoms with Gasteiger partial charge in [-0.05, 0) is 59.8 Å². The number of amides is 1. The number of hydrogen-bond acceptors (Lipinski definition) is 3. The molecule has 0 heterocycles. The number of nitrogens with one attached hydrogen (secondary N) is 2. The lowest BCUT2D eigenvalue weighted by Crippen LogP contribution is -2.12. The first-order valence-corrected chi connectivity index (χ1v) is 10.4. The Morgan fingerprint density at radius 2 is 1.45 bits per heavy atom. The summed E-state index contributed by atoms with van der Waals surface area (Å²) < 4.78 is 3.34. The number of anilines is 2. The highest BCUT2D eigenvalue weighted by Gasteiger charge is 2.12. The summed E-state index contributed by atoms with van der Waals surface area (Å²) in [6.07, 6.45) is 0. The van der Waals surface area contributed by atoms with Gasteiger partial charge in [0.25, 0.3) is 5.91 Å². The number of halogens is 2. The van der Waals surface area contributed by atoms with Crippen molar-refractivity contribution in [2.24, 2.45) is 0 Å². The van der Waals surface area contributed by atoms with Crippen LogP contribution in [0.15, 0.2) is 89.8 Å². The molecule has 29 heavy (non-hydrogen) atoms. The molecule has 0 spiro atoms. The standard InChI is InChI=1S/C23H16Cl2N2OS/c24-15-12-16(25)14-18(13-15)29-27-22-11-5-8-19-20(22)9-4-10-21(19)23(28)26-17-6-2-1-3-7-17/h1-14,27H,(H,26,28). The van der Waals surface area contributed by atoms with Crippen molar-refractivity contribution in [3.8, 4) is 0 Å². The van der Waals surface area contributed by atoms with Gasteiger partial charge < -0.3 is 10.0 Å². The molecular weight excluding hydrogens is 423 g/mol. The number of benzene rings is 4. The van der Waals surface area contributed by atoms with Crippen LogP contribution in [0, 0.1) is 0 Å². The minimum atomic E-state index is -0.145. The molecule has 3 nitrogen and oxygen atoms in total. The zero-order valence-electron chi connectivity index (χ0n) is 15.2. The molecule has 0 aliphatic heterocycles. The van der Waals surface area contributed by atoms with Crippen LogP contribution in [0.2, 0.25) is 10.0 Å². The first kappa shape index (κ1) is 19.6. The smallest absolute Gasteiger partial charge is 0.256 e. The molecule has 0 saturated heterocycles. The minimum absolute atomic E-state index is 0.145. The average Bonchev–Trinajstić information content (AvgIpc) is 2.72. The van der Waals surface area contributed by atoms with Crippen molar-refractivity contribution in [1.82, 2.24) is 0 Å². The fraction of sp³-hybridized carbons (Fsp3) is 0. The fourth-order valence-electron chi connectivity index (χ4n) is 3.02. The highest BCUT2D eigenvalue weighted by molar-refractivity contribution is 8.00. The molecule has 0 aromatic heterocycles. The van der Waals surface area contributed by atoms with Crippen LogP contribution >= 0.6 is 35.1 Å². The van der Waals surface area contributed by atoms with Crippen molar-refractivity contribution >= 4 is 63.2 Å². The zero-order valence-corrected chi connectivity index (χ0v) is 17.5. The van der Waals surface area contributed by atoms with Crippen LogP contribution in [-0.4, -0.2) is 5.91 Å². The zero-order chi connectivity index (χ0) is 20.2. The van der Waals surface area contributed by atoms with E-state index >= 15 is 0 Å². The van der Waals surface area contributed by atoms with Gasteiger partial charge in [0.2, 0.25) is 0 Å². The summed E-state index contributed by atoms with van der Waals surface area (Å²) in [7, 11) is 0. The van der Waals surface area contributed by atoms with Crippen LogP contribution in [0.1, 0.15) is 10.4 Å². The van der Waals surface area contributed by atoms with Crippen LogP contribution in [0.3, 0.4) is 0 Å². The number of carbonyl (C=O) groups is 1. The average molecular weight is 439 g/mol. The highest BCUT2D eigenvalue weighted by Crippen LogP contribution is 2.32. The molecule has 144 valence electrons. The summed E-state index contributed by atoms with van der Waals surface area (Å²) in [5.74, 6) is -0.145. The van der Waals surface area contributed by atoms with E-state index in [2.05, 4.69) is 10.0 Å². The quantitative estimate of drug-likeness (QED) is 0.316. The van der Waals surface area contributed by atoms with E-state index in [0.717, 1.165) is 27.0 Å². The summed E-state index contributed by atoms with van der Waals surface area (Å²) in [4.78, 5) is 13.7. The van der Waals surface area contributed by atoms with E-state index in [-0.39, 0.29) is 5.91 Å². The van der Waals surface area contributed by atoms with Gasteiger partial charge in [-0.1, -0.05) is 65.7 Å². The van der Waals surface area contributed by atoms with E-state index in [1.807, 2.05) is 78.9 Å². The van der Waals surface area contributed by atoms with Crippen LogP contribution < -0.4 is 10.0 Å². The van der Waals surface area contributed by atoms with Gasteiger partial charge >= 0.3 is 0 Å². The van der Waals surface area contributed by atoms with Gasteiger partial charge in [-0.2, -0.15) is 0 Å². The van der Waals surface area contributed by atoms with Crippen LogP contribution in [0.5, 0.6) is 0 Å². The summed E-state index contributed by atoms with van der Waals surface area (Å²) >= 11 is 13.6. The van der Waals surface area contributed by atoms with E-state index in [4.69, 9.17) is 23.2 Å². The Hall–Kier alpha value is -2.66. The van der Waals surface area contributed by atoms with E-state index in [0.29, 0.717) is 15.6 Å². The van der Waals surface area contributed by atoms with Crippen molar-refractivity contribution < 1.29 is 4.79 Å². The maximum atomic E-state index is 12.8. The van der Waals surface area contributed by atoms with E-state index < -0.39 is 0 Å². The second-order valence-electron chi connectivity index (χ2n) is 6.34. The Balaban J connectivity index is 1.62. The van der Waals surface area contributed by atoms with Crippen LogP contribution in [-0.2, 0) is 0 Å². The molecule has 0 saturated carbocycles. The van der Waals surface area contributed by atoms with Crippen molar-refractivity contribution in [3.05, 3.63) is 101 Å². The molecule has 0 fully saturated rings. The first-order chi connectivity index (χ1) is 14.1. The third-order valence-electron chi connectivity index (χ3n) is 4.31. The summed E-state index contributed by atoms with van der Waals surface area (Å²) in [6.45, 7) is 0. The van der Waals surface area contributed by atoms with Gasteiger partial charge in [-0.25, -0.2) is 0 Å². The molecule has 1 amide bonds. The lowest BCUT2D eigenvalue weighted by Gasteiger charge is -2.12. The van der Waals surface area contributed by atoms with Gasteiger partial charge in [0, 0.05) is 31.6 Å². The van der Waals surface area contributed by atoms with E-state index in [1.54, 1.807) is 6.07 Å². The van der Waals surface area contributed by atoms with Crippen molar-refractivity contribution in [3.63, 3.8) is 0 Å².